The standard InChI is InChI=1S/C21H26N4O4/c26-17(22-15-7-9-16(10-8-15)24-13-5-6-18(24)27)14-25-19(28)21(23-20(25)29)11-3-1-2-4-12-21/h7-10H,1-6,11-14H2,(H,22,26)(H,23,29). The average Bonchev–Trinajstić information content (AvgIpc) is 3.11. The van der Waals surface area contributed by atoms with E-state index in [0.29, 0.717) is 31.5 Å². The molecular formula is C21H26N4O4. The Hall–Kier alpha value is -2.90. The Morgan fingerprint density at radius 1 is 1.00 bits per heavy atom. The zero-order valence-corrected chi connectivity index (χ0v) is 16.4. The van der Waals surface area contributed by atoms with Crippen molar-refractivity contribution in [2.45, 2.75) is 56.9 Å². The summed E-state index contributed by atoms with van der Waals surface area (Å²) in [4.78, 5) is 52.3. The Kier molecular flexibility index (Phi) is 5.25. The molecule has 0 atom stereocenters. The molecule has 1 aromatic rings. The number of urea groups is 1. The largest absolute Gasteiger partial charge is 0.325 e. The molecular weight excluding hydrogens is 372 g/mol. The molecule has 2 aliphatic heterocycles. The molecule has 0 unspecified atom stereocenters. The van der Waals surface area contributed by atoms with Gasteiger partial charge in [0, 0.05) is 24.3 Å². The van der Waals surface area contributed by atoms with Crippen LogP contribution < -0.4 is 15.5 Å². The third kappa shape index (κ3) is 3.83. The first-order valence-corrected chi connectivity index (χ1v) is 10.3. The lowest BCUT2D eigenvalue weighted by Crippen LogP contribution is -2.47. The predicted octanol–water partition coefficient (Wildman–Crippen LogP) is 2.40. The van der Waals surface area contributed by atoms with Crippen molar-refractivity contribution in [1.82, 2.24) is 10.2 Å². The van der Waals surface area contributed by atoms with E-state index in [1.54, 1.807) is 29.2 Å². The van der Waals surface area contributed by atoms with Crippen LogP contribution in [0.4, 0.5) is 16.2 Å². The molecule has 4 rings (SSSR count). The Morgan fingerprint density at radius 3 is 2.31 bits per heavy atom. The van der Waals surface area contributed by atoms with E-state index in [1.807, 2.05) is 0 Å². The van der Waals surface area contributed by atoms with Crippen molar-refractivity contribution in [2.75, 3.05) is 23.3 Å². The second kappa shape index (κ2) is 7.85. The van der Waals surface area contributed by atoms with Gasteiger partial charge in [-0.1, -0.05) is 25.7 Å². The summed E-state index contributed by atoms with van der Waals surface area (Å²) in [5.41, 5.74) is 0.522. The summed E-state index contributed by atoms with van der Waals surface area (Å²) >= 11 is 0. The van der Waals surface area contributed by atoms with Crippen molar-refractivity contribution in [1.29, 1.82) is 0 Å². The smallest absolute Gasteiger partial charge is 0.325 e. The normalized spacial score (nSPS) is 21.4. The minimum Gasteiger partial charge on any atom is -0.325 e. The average molecular weight is 398 g/mol. The van der Waals surface area contributed by atoms with E-state index in [0.717, 1.165) is 42.7 Å². The summed E-state index contributed by atoms with van der Waals surface area (Å²) in [7, 11) is 0. The minimum absolute atomic E-state index is 0.104. The van der Waals surface area contributed by atoms with Crippen molar-refractivity contribution in [3.63, 3.8) is 0 Å². The molecule has 0 aromatic heterocycles. The van der Waals surface area contributed by atoms with Crippen LogP contribution in [0, 0.1) is 0 Å². The van der Waals surface area contributed by atoms with Crippen LogP contribution >= 0.6 is 0 Å². The molecule has 0 bridgehead atoms. The number of rotatable bonds is 4. The molecule has 2 heterocycles. The van der Waals surface area contributed by atoms with Gasteiger partial charge in [0.25, 0.3) is 5.91 Å². The molecule has 1 saturated carbocycles. The fourth-order valence-corrected chi connectivity index (χ4v) is 4.48. The van der Waals surface area contributed by atoms with Crippen LogP contribution in [0.15, 0.2) is 24.3 Å². The zero-order valence-electron chi connectivity index (χ0n) is 16.4. The lowest BCUT2D eigenvalue weighted by Gasteiger charge is -2.24. The maximum atomic E-state index is 12.9. The molecule has 1 aromatic carbocycles. The molecule has 8 heteroatoms. The number of nitrogens with zero attached hydrogens (tertiary/aromatic N) is 2. The topological polar surface area (TPSA) is 98.8 Å². The number of hydrogen-bond acceptors (Lipinski definition) is 4. The summed E-state index contributed by atoms with van der Waals surface area (Å²) in [6, 6.07) is 6.52. The second-order valence-electron chi connectivity index (χ2n) is 8.06. The van der Waals surface area contributed by atoms with Gasteiger partial charge in [0.2, 0.25) is 11.8 Å². The SMILES string of the molecule is O=C(CN1C(=O)NC2(CCCCCC2)C1=O)Nc1ccc(N2CCCC2=O)cc1. The quantitative estimate of drug-likeness (QED) is 0.761. The van der Waals surface area contributed by atoms with E-state index < -0.39 is 17.5 Å². The van der Waals surface area contributed by atoms with E-state index in [-0.39, 0.29) is 18.4 Å². The number of imide groups is 1. The van der Waals surface area contributed by atoms with Crippen LogP contribution in [0.1, 0.15) is 51.4 Å². The number of carbonyl (C=O) groups excluding carboxylic acids is 4. The monoisotopic (exact) mass is 398 g/mol. The van der Waals surface area contributed by atoms with Crippen LogP contribution in [0.25, 0.3) is 0 Å². The summed E-state index contributed by atoms with van der Waals surface area (Å²) in [6.07, 6.45) is 6.60. The Bertz CT molecular complexity index is 828. The van der Waals surface area contributed by atoms with Crippen LogP contribution in [-0.2, 0) is 14.4 Å². The van der Waals surface area contributed by atoms with Gasteiger partial charge in [-0.25, -0.2) is 4.79 Å². The van der Waals surface area contributed by atoms with Crippen LogP contribution in [0.3, 0.4) is 0 Å². The van der Waals surface area contributed by atoms with Gasteiger partial charge in [-0.05, 0) is 43.5 Å². The fourth-order valence-electron chi connectivity index (χ4n) is 4.48. The number of nitrogens with one attached hydrogen (secondary N) is 2. The number of amides is 5. The third-order valence-corrected chi connectivity index (χ3v) is 6.04. The minimum atomic E-state index is -0.836. The highest BCUT2D eigenvalue weighted by atomic mass is 16.2. The molecule has 1 spiro atoms. The maximum absolute atomic E-state index is 12.9. The highest BCUT2D eigenvalue weighted by Gasteiger charge is 2.51. The van der Waals surface area contributed by atoms with Crippen LogP contribution in [-0.4, -0.2) is 47.3 Å². The van der Waals surface area contributed by atoms with Gasteiger partial charge in [-0.3, -0.25) is 19.3 Å². The van der Waals surface area contributed by atoms with E-state index in [4.69, 9.17) is 0 Å². The van der Waals surface area contributed by atoms with Gasteiger partial charge in [0.15, 0.2) is 0 Å². The Morgan fingerprint density at radius 2 is 1.69 bits per heavy atom. The number of carbonyl (C=O) groups is 4. The summed E-state index contributed by atoms with van der Waals surface area (Å²) in [6.45, 7) is 0.400. The maximum Gasteiger partial charge on any atom is 0.325 e. The van der Waals surface area contributed by atoms with Gasteiger partial charge < -0.3 is 15.5 Å². The first kappa shape index (κ1) is 19.4. The molecule has 5 amide bonds. The molecule has 29 heavy (non-hydrogen) atoms. The van der Waals surface area contributed by atoms with E-state index >= 15 is 0 Å². The molecule has 1 aliphatic carbocycles. The van der Waals surface area contributed by atoms with E-state index in [1.165, 1.54) is 0 Å². The molecule has 3 aliphatic rings. The van der Waals surface area contributed by atoms with Crippen molar-refractivity contribution in [3.05, 3.63) is 24.3 Å². The van der Waals surface area contributed by atoms with Gasteiger partial charge in [-0.2, -0.15) is 0 Å². The van der Waals surface area contributed by atoms with Crippen molar-refractivity contribution < 1.29 is 19.2 Å². The predicted molar refractivity (Wildman–Crippen MR) is 107 cm³/mol. The first-order valence-electron chi connectivity index (χ1n) is 10.3. The molecule has 0 radical (unpaired) electrons. The van der Waals surface area contributed by atoms with Crippen LogP contribution in [0.5, 0.6) is 0 Å². The van der Waals surface area contributed by atoms with Crippen molar-refractivity contribution in [2.24, 2.45) is 0 Å². The van der Waals surface area contributed by atoms with Crippen molar-refractivity contribution >= 4 is 35.1 Å². The Labute approximate surface area is 169 Å². The number of anilines is 2. The Balaban J connectivity index is 1.37. The second-order valence-corrected chi connectivity index (χ2v) is 8.06. The number of benzene rings is 1. The molecule has 154 valence electrons. The lowest BCUT2D eigenvalue weighted by molar-refractivity contribution is -0.134. The van der Waals surface area contributed by atoms with E-state index in [9.17, 15) is 19.2 Å². The highest BCUT2D eigenvalue weighted by Crippen LogP contribution is 2.32. The van der Waals surface area contributed by atoms with Gasteiger partial charge >= 0.3 is 6.03 Å². The van der Waals surface area contributed by atoms with Gasteiger partial charge in [-0.15, -0.1) is 0 Å². The molecule has 3 fully saturated rings. The van der Waals surface area contributed by atoms with Crippen molar-refractivity contribution in [3.8, 4) is 0 Å². The fraction of sp³-hybridized carbons (Fsp3) is 0.524. The first-order chi connectivity index (χ1) is 14.0. The molecule has 8 nitrogen and oxygen atoms in total. The van der Waals surface area contributed by atoms with Gasteiger partial charge in [0.05, 0.1) is 0 Å². The number of hydrogen-bond donors (Lipinski definition) is 2. The van der Waals surface area contributed by atoms with E-state index in [2.05, 4.69) is 10.6 Å². The molecule has 2 N–H and O–H groups in total. The highest BCUT2D eigenvalue weighted by molar-refractivity contribution is 6.10. The third-order valence-electron chi connectivity index (χ3n) is 6.04. The van der Waals surface area contributed by atoms with Crippen LogP contribution in [0.2, 0.25) is 0 Å². The summed E-state index contributed by atoms with van der Waals surface area (Å²) in [5, 5.41) is 5.57. The summed E-state index contributed by atoms with van der Waals surface area (Å²) in [5.74, 6) is -0.612. The lowest BCUT2D eigenvalue weighted by atomic mass is 9.90. The zero-order chi connectivity index (χ0) is 20.4. The summed E-state index contributed by atoms with van der Waals surface area (Å²) < 4.78 is 0. The molecule has 2 saturated heterocycles. The van der Waals surface area contributed by atoms with Gasteiger partial charge in [0.1, 0.15) is 12.1 Å².